The molecule has 0 radical (unpaired) electrons. The summed E-state index contributed by atoms with van der Waals surface area (Å²) in [6.45, 7) is 0. The van der Waals surface area contributed by atoms with E-state index in [-0.39, 0.29) is 32.4 Å². The van der Waals surface area contributed by atoms with Gasteiger partial charge in [0, 0.05) is 17.3 Å². The second kappa shape index (κ2) is 8.40. The average molecular weight is 428 g/mol. The molecule has 0 fully saturated rings. The molecule has 3 aromatic heterocycles. The Morgan fingerprint density at radius 3 is 2.57 bits per heavy atom. The van der Waals surface area contributed by atoms with Gasteiger partial charge in [0.15, 0.2) is 0 Å². The van der Waals surface area contributed by atoms with Crippen molar-refractivity contribution in [3.8, 4) is 22.1 Å². The minimum atomic E-state index is -2.83. The Morgan fingerprint density at radius 2 is 1.93 bits per heavy atom. The van der Waals surface area contributed by atoms with E-state index in [9.17, 15) is 13.6 Å². The van der Waals surface area contributed by atoms with Gasteiger partial charge in [0.2, 0.25) is 5.13 Å². The molecule has 3 aromatic rings. The molecule has 28 heavy (non-hydrogen) atoms. The molecule has 0 unspecified atom stereocenters. The van der Waals surface area contributed by atoms with Crippen LogP contribution >= 0.6 is 22.9 Å². The first-order chi connectivity index (χ1) is 13.4. The fraction of sp³-hybridized carbons (Fsp3) is 0.188. The van der Waals surface area contributed by atoms with Crippen LogP contribution in [0, 0.1) is 0 Å². The van der Waals surface area contributed by atoms with Gasteiger partial charge in [0.1, 0.15) is 16.6 Å². The summed E-state index contributed by atoms with van der Waals surface area (Å²) >= 11 is 6.95. The molecule has 8 nitrogen and oxygen atoms in total. The largest absolute Gasteiger partial charge is 0.494 e. The van der Waals surface area contributed by atoms with Crippen LogP contribution in [0.15, 0.2) is 24.5 Å². The predicted molar refractivity (Wildman–Crippen MR) is 98.4 cm³/mol. The molecular weight excluding hydrogens is 416 g/mol. The van der Waals surface area contributed by atoms with Gasteiger partial charge in [-0.15, -0.1) is 5.10 Å². The maximum absolute atomic E-state index is 13.2. The van der Waals surface area contributed by atoms with Gasteiger partial charge in [0.25, 0.3) is 17.5 Å². The highest BCUT2D eigenvalue weighted by atomic mass is 35.5. The molecular formula is C16H12ClF2N5O3S. The van der Waals surface area contributed by atoms with E-state index >= 15 is 0 Å². The number of carbonyl (C=O) groups is 1. The van der Waals surface area contributed by atoms with Gasteiger partial charge in [-0.05, 0) is 23.5 Å². The second-order valence-corrected chi connectivity index (χ2v) is 6.52. The zero-order valence-corrected chi connectivity index (χ0v) is 16.0. The number of hydrogen-bond donors (Lipinski definition) is 1. The number of pyridine rings is 2. The number of halogens is 3. The van der Waals surface area contributed by atoms with Crippen molar-refractivity contribution in [1.29, 1.82) is 0 Å². The summed E-state index contributed by atoms with van der Waals surface area (Å²) in [5, 5.41) is 10.5. The molecule has 0 aliphatic rings. The lowest BCUT2D eigenvalue weighted by atomic mass is 10.00. The monoisotopic (exact) mass is 427 g/mol. The third-order valence-electron chi connectivity index (χ3n) is 3.54. The van der Waals surface area contributed by atoms with Crippen LogP contribution in [-0.4, -0.2) is 40.3 Å². The molecule has 0 aliphatic heterocycles. The van der Waals surface area contributed by atoms with Crippen LogP contribution in [0.25, 0.3) is 11.1 Å². The highest BCUT2D eigenvalue weighted by Gasteiger charge is 2.22. The van der Waals surface area contributed by atoms with Gasteiger partial charge >= 0.3 is 0 Å². The predicted octanol–water partition coefficient (Wildman–Crippen LogP) is 3.86. The number of amides is 1. The van der Waals surface area contributed by atoms with Gasteiger partial charge in [-0.2, -0.15) is 0 Å². The second-order valence-electron chi connectivity index (χ2n) is 5.19. The third-order valence-corrected chi connectivity index (χ3v) is 4.55. The van der Waals surface area contributed by atoms with Crippen molar-refractivity contribution in [2.45, 2.75) is 6.43 Å². The van der Waals surface area contributed by atoms with Crippen molar-refractivity contribution < 1.29 is 23.0 Å². The van der Waals surface area contributed by atoms with Gasteiger partial charge < -0.3 is 9.47 Å². The Morgan fingerprint density at radius 1 is 1.14 bits per heavy atom. The quantitative estimate of drug-likeness (QED) is 0.596. The smallest absolute Gasteiger partial charge is 0.295 e. The van der Waals surface area contributed by atoms with Crippen LogP contribution in [0.1, 0.15) is 22.5 Å². The van der Waals surface area contributed by atoms with Gasteiger partial charge in [-0.1, -0.05) is 16.7 Å². The molecule has 1 amide bonds. The number of hydrogen-bond acceptors (Lipinski definition) is 8. The molecule has 3 rings (SSSR count). The molecule has 12 heteroatoms. The first kappa shape index (κ1) is 19.8. The fourth-order valence-corrected chi connectivity index (χ4v) is 3.01. The van der Waals surface area contributed by atoms with Crippen LogP contribution in [0.3, 0.4) is 0 Å². The van der Waals surface area contributed by atoms with E-state index in [2.05, 4.69) is 25.5 Å². The number of alkyl halides is 2. The van der Waals surface area contributed by atoms with E-state index in [4.69, 9.17) is 21.1 Å². The van der Waals surface area contributed by atoms with Crippen LogP contribution in [0.5, 0.6) is 10.9 Å². The number of carbonyl (C=O) groups excluding carboxylic acids is 1. The van der Waals surface area contributed by atoms with E-state index in [0.717, 1.165) is 23.6 Å². The Bertz CT molecular complexity index is 1020. The zero-order valence-electron chi connectivity index (χ0n) is 14.4. The molecule has 0 spiro atoms. The standard InChI is InChI=1S/C16H12ClF2N5O3S/c1-26-11-6-21-12(17)4-8(11)7-3-10(13(18)19)20-5-9(7)14(25)22-15-23-24-16(27-2)28-15/h3-6,13H,1-2H3,(H,22,23,25). The first-order valence-electron chi connectivity index (χ1n) is 7.59. The molecule has 0 aromatic carbocycles. The number of nitrogens with one attached hydrogen (secondary N) is 1. The van der Waals surface area contributed by atoms with Crippen molar-refractivity contribution in [3.63, 3.8) is 0 Å². The lowest BCUT2D eigenvalue weighted by molar-refractivity contribution is 0.102. The summed E-state index contributed by atoms with van der Waals surface area (Å²) in [5.74, 6) is -0.375. The summed E-state index contributed by atoms with van der Waals surface area (Å²) in [4.78, 5) is 20.3. The maximum Gasteiger partial charge on any atom is 0.295 e. The molecule has 0 bridgehead atoms. The Labute approximate surface area is 166 Å². The zero-order chi connectivity index (χ0) is 20.3. The molecule has 3 heterocycles. The van der Waals surface area contributed by atoms with E-state index in [1.54, 1.807) is 0 Å². The SMILES string of the molecule is COc1nnc(NC(=O)c2cnc(C(F)F)cc2-c2cc(Cl)ncc2OC)s1. The fourth-order valence-electron chi connectivity index (χ4n) is 2.29. The Balaban J connectivity index is 2.08. The highest BCUT2D eigenvalue weighted by Crippen LogP contribution is 2.35. The maximum atomic E-state index is 13.2. The summed E-state index contributed by atoms with van der Waals surface area (Å²) in [6, 6.07) is 2.52. The minimum Gasteiger partial charge on any atom is -0.494 e. The first-order valence-corrected chi connectivity index (χ1v) is 8.79. The van der Waals surface area contributed by atoms with Crippen LogP contribution in [0.2, 0.25) is 5.15 Å². The topological polar surface area (TPSA) is 99.1 Å². The Kier molecular flexibility index (Phi) is 5.95. The number of aromatic nitrogens is 4. The van der Waals surface area contributed by atoms with E-state index in [1.807, 2.05) is 0 Å². The van der Waals surface area contributed by atoms with Crippen molar-refractivity contribution in [2.24, 2.45) is 0 Å². The number of nitrogens with zero attached hydrogens (tertiary/aromatic N) is 4. The molecule has 0 saturated heterocycles. The van der Waals surface area contributed by atoms with Crippen LogP contribution in [0.4, 0.5) is 13.9 Å². The van der Waals surface area contributed by atoms with E-state index in [1.165, 1.54) is 26.5 Å². The van der Waals surface area contributed by atoms with Crippen molar-refractivity contribution in [1.82, 2.24) is 20.2 Å². The number of ether oxygens (including phenoxy) is 2. The van der Waals surface area contributed by atoms with Crippen molar-refractivity contribution in [2.75, 3.05) is 19.5 Å². The van der Waals surface area contributed by atoms with Gasteiger partial charge in [-0.25, -0.2) is 13.8 Å². The molecule has 0 saturated carbocycles. The molecule has 0 aliphatic carbocycles. The van der Waals surface area contributed by atoms with E-state index < -0.39 is 18.0 Å². The summed E-state index contributed by atoms with van der Waals surface area (Å²) in [5.41, 5.74) is -0.0227. The normalized spacial score (nSPS) is 10.8. The lowest BCUT2D eigenvalue weighted by Crippen LogP contribution is -2.14. The highest BCUT2D eigenvalue weighted by molar-refractivity contribution is 7.17. The van der Waals surface area contributed by atoms with Crippen molar-refractivity contribution >= 4 is 34.0 Å². The average Bonchev–Trinajstić information content (AvgIpc) is 3.14. The number of methoxy groups -OCH3 is 2. The number of anilines is 1. The summed E-state index contributed by atoms with van der Waals surface area (Å²) in [6.07, 6.45) is -0.443. The molecule has 1 N–H and O–H groups in total. The minimum absolute atomic E-state index is 0.0131. The van der Waals surface area contributed by atoms with Crippen LogP contribution in [-0.2, 0) is 0 Å². The Hall–Kier alpha value is -2.92. The third kappa shape index (κ3) is 4.15. The van der Waals surface area contributed by atoms with Crippen LogP contribution < -0.4 is 14.8 Å². The van der Waals surface area contributed by atoms with Gasteiger partial charge in [0.05, 0.1) is 26.0 Å². The molecule has 146 valence electrons. The van der Waals surface area contributed by atoms with Gasteiger partial charge in [-0.3, -0.25) is 15.1 Å². The lowest BCUT2D eigenvalue weighted by Gasteiger charge is -2.13. The van der Waals surface area contributed by atoms with Crippen molar-refractivity contribution in [3.05, 3.63) is 40.9 Å². The summed E-state index contributed by atoms with van der Waals surface area (Å²) in [7, 11) is 2.80. The van der Waals surface area contributed by atoms with E-state index in [0.29, 0.717) is 5.56 Å². The number of rotatable bonds is 6. The molecule has 0 atom stereocenters. The summed E-state index contributed by atoms with van der Waals surface area (Å²) < 4.78 is 36.5.